The number of benzene rings is 1. The van der Waals surface area contributed by atoms with Gasteiger partial charge in [-0.05, 0) is 32.4 Å². The Labute approximate surface area is 115 Å². The van der Waals surface area contributed by atoms with Gasteiger partial charge >= 0.3 is 5.97 Å². The zero-order valence-electron chi connectivity index (χ0n) is 10.6. The Kier molecular flexibility index (Phi) is 4.90. The van der Waals surface area contributed by atoms with E-state index in [-0.39, 0.29) is 6.04 Å². The second kappa shape index (κ2) is 6.00. The number of rotatable bonds is 5. The predicted octanol–water partition coefficient (Wildman–Crippen LogP) is 2.75. The molecule has 0 spiro atoms. The van der Waals surface area contributed by atoms with Gasteiger partial charge in [0.15, 0.2) is 6.04 Å². The van der Waals surface area contributed by atoms with Crippen molar-refractivity contribution in [2.45, 2.75) is 32.9 Å². The van der Waals surface area contributed by atoms with Gasteiger partial charge in [-0.2, -0.15) is 0 Å². The van der Waals surface area contributed by atoms with Crippen LogP contribution < -0.4 is 0 Å². The molecule has 1 rings (SSSR count). The maximum Gasteiger partial charge on any atom is 0.331 e. The molecule has 5 heteroatoms. The summed E-state index contributed by atoms with van der Waals surface area (Å²) < 4.78 is 0.697. The summed E-state index contributed by atoms with van der Waals surface area (Å²) in [5.74, 6) is -1.04. The Hall–Kier alpha value is -1.36. The largest absolute Gasteiger partial charge is 0.479 e. The quantitative estimate of drug-likeness (QED) is 0.850. The molecule has 0 saturated carbocycles. The number of amides is 1. The first kappa shape index (κ1) is 14.7. The third kappa shape index (κ3) is 3.10. The summed E-state index contributed by atoms with van der Waals surface area (Å²) >= 11 is 3.36. The molecule has 0 aliphatic rings. The lowest BCUT2D eigenvalue weighted by molar-refractivity contribution is -0.148. The van der Waals surface area contributed by atoms with Crippen molar-refractivity contribution >= 4 is 28.3 Å². The molecule has 0 aliphatic heterocycles. The molecule has 1 aromatic rings. The lowest BCUT2D eigenvalue weighted by Crippen LogP contribution is -2.38. The Bertz CT molecular complexity index is 460. The van der Waals surface area contributed by atoms with Crippen LogP contribution >= 0.6 is 15.9 Å². The van der Waals surface area contributed by atoms with Crippen molar-refractivity contribution in [3.05, 3.63) is 33.8 Å². The van der Waals surface area contributed by atoms with Crippen LogP contribution in [0.2, 0.25) is 0 Å². The Morgan fingerprint density at radius 2 is 2.06 bits per heavy atom. The molecule has 1 aromatic carbocycles. The minimum Gasteiger partial charge on any atom is -0.479 e. The van der Waals surface area contributed by atoms with Gasteiger partial charge in [0.2, 0.25) is 6.41 Å². The molecule has 0 saturated heterocycles. The van der Waals surface area contributed by atoms with E-state index in [1.807, 2.05) is 19.1 Å². The first-order valence-corrected chi connectivity index (χ1v) is 6.39. The lowest BCUT2D eigenvalue weighted by atomic mass is 10.0. The van der Waals surface area contributed by atoms with Crippen LogP contribution in [0.4, 0.5) is 0 Å². The number of nitrogens with zero attached hydrogens (tertiary/aromatic N) is 1. The zero-order valence-corrected chi connectivity index (χ0v) is 12.1. The van der Waals surface area contributed by atoms with Gasteiger partial charge in [-0.1, -0.05) is 28.1 Å². The molecular weight excluding hydrogens is 298 g/mol. The highest BCUT2D eigenvalue weighted by Gasteiger charge is 2.29. The first-order chi connectivity index (χ1) is 8.38. The molecule has 18 heavy (non-hydrogen) atoms. The number of hydrogen-bond acceptors (Lipinski definition) is 2. The third-order valence-corrected chi connectivity index (χ3v) is 3.39. The molecule has 0 heterocycles. The van der Waals surface area contributed by atoms with Crippen molar-refractivity contribution in [2.75, 3.05) is 0 Å². The molecule has 0 aromatic heterocycles. The number of hydrogen-bond donors (Lipinski definition) is 1. The standard InChI is InChI=1S/C13H16BrNO3/c1-8(2)15(7-16)12(13(17)18)10-5-4-9(3)6-11(10)14/h4-8,12H,1-3H3,(H,17,18). The number of carboxylic acid groups (broad SMARTS) is 1. The van der Waals surface area contributed by atoms with E-state index in [0.29, 0.717) is 16.4 Å². The zero-order chi connectivity index (χ0) is 13.9. The minimum absolute atomic E-state index is 0.184. The van der Waals surface area contributed by atoms with Gasteiger partial charge in [-0.25, -0.2) is 4.79 Å². The molecule has 98 valence electrons. The van der Waals surface area contributed by atoms with Crippen molar-refractivity contribution in [3.63, 3.8) is 0 Å². The van der Waals surface area contributed by atoms with E-state index in [1.54, 1.807) is 19.9 Å². The van der Waals surface area contributed by atoms with E-state index in [0.717, 1.165) is 5.56 Å². The monoisotopic (exact) mass is 313 g/mol. The molecular formula is C13H16BrNO3. The van der Waals surface area contributed by atoms with Gasteiger partial charge in [0.25, 0.3) is 0 Å². The van der Waals surface area contributed by atoms with Crippen molar-refractivity contribution < 1.29 is 14.7 Å². The smallest absolute Gasteiger partial charge is 0.331 e. The number of carbonyl (C=O) groups is 2. The Morgan fingerprint density at radius 1 is 1.44 bits per heavy atom. The summed E-state index contributed by atoms with van der Waals surface area (Å²) in [5, 5.41) is 9.35. The first-order valence-electron chi connectivity index (χ1n) is 5.60. The average Bonchev–Trinajstić information content (AvgIpc) is 2.26. The van der Waals surface area contributed by atoms with Crippen molar-refractivity contribution in [1.82, 2.24) is 4.90 Å². The van der Waals surface area contributed by atoms with Crippen LogP contribution in [0.15, 0.2) is 22.7 Å². The average molecular weight is 314 g/mol. The van der Waals surface area contributed by atoms with Crippen LogP contribution in [-0.2, 0) is 9.59 Å². The summed E-state index contributed by atoms with van der Waals surface area (Å²) in [6, 6.07) is 4.25. The van der Waals surface area contributed by atoms with Crippen LogP contribution in [0.5, 0.6) is 0 Å². The number of carbonyl (C=O) groups excluding carboxylic acids is 1. The van der Waals surface area contributed by atoms with E-state index < -0.39 is 12.0 Å². The molecule has 1 amide bonds. The van der Waals surface area contributed by atoms with Gasteiger partial charge in [-0.15, -0.1) is 0 Å². The van der Waals surface area contributed by atoms with E-state index in [1.165, 1.54) is 4.90 Å². The maximum atomic E-state index is 11.4. The highest BCUT2D eigenvalue weighted by Crippen LogP contribution is 2.29. The van der Waals surface area contributed by atoms with Gasteiger partial charge < -0.3 is 10.0 Å². The van der Waals surface area contributed by atoms with Crippen molar-refractivity contribution in [1.29, 1.82) is 0 Å². The molecule has 1 atom stereocenters. The minimum atomic E-state index is -1.04. The van der Waals surface area contributed by atoms with Crippen LogP contribution in [0.3, 0.4) is 0 Å². The van der Waals surface area contributed by atoms with E-state index in [4.69, 9.17) is 0 Å². The molecule has 0 fully saturated rings. The second-order valence-electron chi connectivity index (χ2n) is 4.41. The maximum absolute atomic E-state index is 11.4. The SMILES string of the molecule is Cc1ccc(C(C(=O)O)N(C=O)C(C)C)c(Br)c1. The summed E-state index contributed by atoms with van der Waals surface area (Å²) in [5.41, 5.74) is 1.60. The summed E-state index contributed by atoms with van der Waals surface area (Å²) in [6.45, 7) is 5.49. The van der Waals surface area contributed by atoms with Crippen LogP contribution in [0, 0.1) is 6.92 Å². The second-order valence-corrected chi connectivity index (χ2v) is 5.27. The van der Waals surface area contributed by atoms with Crippen LogP contribution in [-0.4, -0.2) is 28.4 Å². The normalized spacial score (nSPS) is 12.3. The fraction of sp³-hybridized carbons (Fsp3) is 0.385. The van der Waals surface area contributed by atoms with Gasteiger partial charge in [0, 0.05) is 16.1 Å². The Balaban J connectivity index is 3.27. The van der Waals surface area contributed by atoms with Crippen LogP contribution in [0.1, 0.15) is 31.0 Å². The molecule has 0 radical (unpaired) electrons. The number of carboxylic acids is 1. The fourth-order valence-corrected chi connectivity index (χ4v) is 2.47. The fourth-order valence-electron chi connectivity index (χ4n) is 1.76. The van der Waals surface area contributed by atoms with Crippen molar-refractivity contribution in [2.24, 2.45) is 0 Å². The Morgan fingerprint density at radius 3 is 2.44 bits per heavy atom. The highest BCUT2D eigenvalue weighted by molar-refractivity contribution is 9.10. The van der Waals surface area contributed by atoms with Gasteiger partial charge in [-0.3, -0.25) is 4.79 Å². The van der Waals surface area contributed by atoms with Crippen molar-refractivity contribution in [3.8, 4) is 0 Å². The van der Waals surface area contributed by atoms with E-state index >= 15 is 0 Å². The third-order valence-electron chi connectivity index (χ3n) is 2.70. The van der Waals surface area contributed by atoms with Gasteiger partial charge in [0.05, 0.1) is 0 Å². The summed E-state index contributed by atoms with van der Waals surface area (Å²) in [7, 11) is 0. The summed E-state index contributed by atoms with van der Waals surface area (Å²) in [4.78, 5) is 23.8. The predicted molar refractivity (Wildman–Crippen MR) is 72.3 cm³/mol. The van der Waals surface area contributed by atoms with Crippen LogP contribution in [0.25, 0.3) is 0 Å². The number of halogens is 1. The molecule has 1 unspecified atom stereocenters. The summed E-state index contributed by atoms with van der Waals surface area (Å²) in [6.07, 6.45) is 0.579. The number of aliphatic carboxylic acids is 1. The highest BCUT2D eigenvalue weighted by atomic mass is 79.9. The molecule has 0 bridgehead atoms. The lowest BCUT2D eigenvalue weighted by Gasteiger charge is -2.29. The van der Waals surface area contributed by atoms with E-state index in [2.05, 4.69) is 15.9 Å². The van der Waals surface area contributed by atoms with E-state index in [9.17, 15) is 14.7 Å². The molecule has 0 aliphatic carbocycles. The number of aryl methyl sites for hydroxylation is 1. The molecule has 1 N–H and O–H groups in total. The molecule has 4 nitrogen and oxygen atoms in total. The topological polar surface area (TPSA) is 57.6 Å². The van der Waals surface area contributed by atoms with Gasteiger partial charge in [0.1, 0.15) is 0 Å².